The van der Waals surface area contributed by atoms with Crippen LogP contribution in [0.4, 0.5) is 0 Å². The molecule has 4 heteroatoms. The van der Waals surface area contributed by atoms with Crippen molar-refractivity contribution in [1.82, 2.24) is 4.90 Å². The molecule has 0 heterocycles. The van der Waals surface area contributed by atoms with E-state index < -0.39 is 12.4 Å². The lowest BCUT2D eigenvalue weighted by Crippen LogP contribution is -2.28. The van der Waals surface area contributed by atoms with Crippen LogP contribution in [0.1, 0.15) is 17.5 Å². The van der Waals surface area contributed by atoms with Crippen LogP contribution in [0.2, 0.25) is 0 Å². The molecule has 0 aliphatic rings. The van der Waals surface area contributed by atoms with E-state index in [0.29, 0.717) is 6.54 Å². The monoisotopic (exact) mass is 221 g/mol. The van der Waals surface area contributed by atoms with Gasteiger partial charge in [-0.15, -0.1) is 0 Å². The number of aryl methyl sites for hydroxylation is 1. The van der Waals surface area contributed by atoms with Crippen molar-refractivity contribution in [2.45, 2.75) is 19.9 Å². The number of rotatable bonds is 4. The van der Waals surface area contributed by atoms with Crippen LogP contribution in [0.5, 0.6) is 0 Å². The zero-order chi connectivity index (χ0) is 12.1. The van der Waals surface area contributed by atoms with Gasteiger partial charge in [0.05, 0.1) is 0 Å². The molecule has 1 N–H and O–H groups in total. The fraction of sp³-hybridized carbons (Fsp3) is 0.333. The molecule has 0 bridgehead atoms. The summed E-state index contributed by atoms with van der Waals surface area (Å²) in [5.74, 6) is -1.47. The van der Waals surface area contributed by atoms with Crippen LogP contribution in [-0.4, -0.2) is 28.9 Å². The third-order valence-corrected chi connectivity index (χ3v) is 2.40. The molecule has 1 rings (SSSR count). The Balaban J connectivity index is 2.64. The molecule has 0 atom stereocenters. The quantitative estimate of drug-likeness (QED) is 0.782. The summed E-state index contributed by atoms with van der Waals surface area (Å²) >= 11 is 0. The van der Waals surface area contributed by atoms with Crippen LogP contribution in [0, 0.1) is 6.92 Å². The van der Waals surface area contributed by atoms with Gasteiger partial charge in [-0.3, -0.25) is 9.59 Å². The predicted octanol–water partition coefficient (Wildman–Crippen LogP) is 1.43. The number of carboxylic acids is 1. The summed E-state index contributed by atoms with van der Waals surface area (Å²) in [6, 6.07) is 7.72. The number of carbonyl (C=O) groups excluding carboxylic acids is 1. The Bertz CT molecular complexity index is 401. The minimum absolute atomic E-state index is 0.379. The second kappa shape index (κ2) is 5.30. The van der Waals surface area contributed by atoms with E-state index in [9.17, 15) is 9.59 Å². The molecule has 0 spiro atoms. The number of carbonyl (C=O) groups is 2. The first-order valence-corrected chi connectivity index (χ1v) is 5.01. The largest absolute Gasteiger partial charge is 0.481 e. The molecule has 0 saturated carbocycles. The molecule has 1 amide bonds. The van der Waals surface area contributed by atoms with Gasteiger partial charge in [0.1, 0.15) is 6.42 Å². The topological polar surface area (TPSA) is 57.6 Å². The fourth-order valence-corrected chi connectivity index (χ4v) is 1.40. The Morgan fingerprint density at radius 1 is 1.31 bits per heavy atom. The van der Waals surface area contributed by atoms with E-state index >= 15 is 0 Å². The van der Waals surface area contributed by atoms with Gasteiger partial charge in [-0.1, -0.05) is 24.3 Å². The Labute approximate surface area is 94.5 Å². The Hall–Kier alpha value is -1.84. The molecular weight excluding hydrogens is 206 g/mol. The maximum atomic E-state index is 11.4. The number of nitrogens with zero attached hydrogens (tertiary/aromatic N) is 1. The number of carboxylic acid groups (broad SMARTS) is 1. The smallest absolute Gasteiger partial charge is 0.312 e. The molecule has 86 valence electrons. The zero-order valence-corrected chi connectivity index (χ0v) is 9.43. The molecule has 0 radical (unpaired) electrons. The van der Waals surface area contributed by atoms with E-state index in [4.69, 9.17) is 5.11 Å². The molecule has 0 fully saturated rings. The number of amides is 1. The molecule has 0 saturated heterocycles. The number of hydrogen-bond donors (Lipinski definition) is 1. The van der Waals surface area contributed by atoms with Gasteiger partial charge in [-0.2, -0.15) is 0 Å². The number of aliphatic carboxylic acids is 1. The highest BCUT2D eigenvalue weighted by atomic mass is 16.4. The predicted molar refractivity (Wildman–Crippen MR) is 59.9 cm³/mol. The summed E-state index contributed by atoms with van der Waals surface area (Å²) in [5, 5.41) is 8.51. The van der Waals surface area contributed by atoms with Crippen molar-refractivity contribution >= 4 is 11.9 Å². The van der Waals surface area contributed by atoms with E-state index in [1.807, 2.05) is 31.2 Å². The van der Waals surface area contributed by atoms with Crippen molar-refractivity contribution in [3.8, 4) is 0 Å². The lowest BCUT2D eigenvalue weighted by atomic mass is 10.1. The Kier molecular flexibility index (Phi) is 4.05. The summed E-state index contributed by atoms with van der Waals surface area (Å²) in [7, 11) is 1.61. The zero-order valence-electron chi connectivity index (χ0n) is 9.43. The van der Waals surface area contributed by atoms with Gasteiger partial charge in [0.2, 0.25) is 5.91 Å². The van der Waals surface area contributed by atoms with Crippen LogP contribution in [-0.2, 0) is 16.1 Å². The third kappa shape index (κ3) is 3.38. The first kappa shape index (κ1) is 12.2. The van der Waals surface area contributed by atoms with Crippen molar-refractivity contribution in [2.24, 2.45) is 0 Å². The normalized spacial score (nSPS) is 9.88. The minimum atomic E-state index is -1.10. The molecule has 0 aliphatic heterocycles. The van der Waals surface area contributed by atoms with Gasteiger partial charge < -0.3 is 10.0 Å². The fourth-order valence-electron chi connectivity index (χ4n) is 1.40. The second-order valence-electron chi connectivity index (χ2n) is 3.75. The minimum Gasteiger partial charge on any atom is -0.481 e. The Morgan fingerprint density at radius 2 is 1.94 bits per heavy atom. The van der Waals surface area contributed by atoms with Crippen LogP contribution in [0.15, 0.2) is 24.3 Å². The Morgan fingerprint density at radius 3 is 2.50 bits per heavy atom. The van der Waals surface area contributed by atoms with E-state index in [-0.39, 0.29) is 5.91 Å². The lowest BCUT2D eigenvalue weighted by molar-refractivity contribution is -0.143. The van der Waals surface area contributed by atoms with Gasteiger partial charge in [-0.25, -0.2) is 0 Å². The standard InChI is InChI=1S/C12H15NO3/c1-9-5-3-4-6-10(9)8-13(2)11(14)7-12(15)16/h3-6H,7-8H2,1-2H3,(H,15,16). The van der Waals surface area contributed by atoms with Gasteiger partial charge in [-0.05, 0) is 18.1 Å². The van der Waals surface area contributed by atoms with Gasteiger partial charge in [0.25, 0.3) is 0 Å². The van der Waals surface area contributed by atoms with Crippen molar-refractivity contribution in [3.05, 3.63) is 35.4 Å². The van der Waals surface area contributed by atoms with Crippen molar-refractivity contribution in [1.29, 1.82) is 0 Å². The maximum absolute atomic E-state index is 11.4. The number of hydrogen-bond acceptors (Lipinski definition) is 2. The first-order chi connectivity index (χ1) is 7.50. The van der Waals surface area contributed by atoms with E-state index in [0.717, 1.165) is 11.1 Å². The molecule has 0 unspecified atom stereocenters. The highest BCUT2D eigenvalue weighted by Gasteiger charge is 2.13. The second-order valence-corrected chi connectivity index (χ2v) is 3.75. The molecular formula is C12H15NO3. The average Bonchev–Trinajstić information content (AvgIpc) is 2.20. The van der Waals surface area contributed by atoms with E-state index in [1.165, 1.54) is 4.90 Å². The van der Waals surface area contributed by atoms with E-state index in [2.05, 4.69) is 0 Å². The van der Waals surface area contributed by atoms with Crippen LogP contribution in [0.25, 0.3) is 0 Å². The lowest BCUT2D eigenvalue weighted by Gasteiger charge is -2.17. The summed E-state index contributed by atoms with van der Waals surface area (Å²) in [6.45, 7) is 2.41. The molecule has 1 aromatic rings. The summed E-state index contributed by atoms with van der Waals surface area (Å²) < 4.78 is 0. The first-order valence-electron chi connectivity index (χ1n) is 5.01. The van der Waals surface area contributed by atoms with E-state index in [1.54, 1.807) is 7.05 Å². The maximum Gasteiger partial charge on any atom is 0.312 e. The van der Waals surface area contributed by atoms with Crippen LogP contribution >= 0.6 is 0 Å². The molecule has 0 aromatic heterocycles. The summed E-state index contributed by atoms with van der Waals surface area (Å²) in [4.78, 5) is 23.2. The highest BCUT2D eigenvalue weighted by molar-refractivity contribution is 5.93. The van der Waals surface area contributed by atoms with Crippen LogP contribution in [0.3, 0.4) is 0 Å². The van der Waals surface area contributed by atoms with Crippen molar-refractivity contribution in [2.75, 3.05) is 7.05 Å². The molecule has 4 nitrogen and oxygen atoms in total. The summed E-state index contributed by atoms with van der Waals surface area (Å²) in [6.07, 6.45) is -0.456. The summed E-state index contributed by atoms with van der Waals surface area (Å²) in [5.41, 5.74) is 2.13. The van der Waals surface area contributed by atoms with Crippen molar-refractivity contribution < 1.29 is 14.7 Å². The van der Waals surface area contributed by atoms with Gasteiger partial charge >= 0.3 is 5.97 Å². The highest BCUT2D eigenvalue weighted by Crippen LogP contribution is 2.09. The molecule has 16 heavy (non-hydrogen) atoms. The SMILES string of the molecule is Cc1ccccc1CN(C)C(=O)CC(=O)O. The average molecular weight is 221 g/mol. The number of benzene rings is 1. The third-order valence-electron chi connectivity index (χ3n) is 2.40. The van der Waals surface area contributed by atoms with Crippen molar-refractivity contribution in [3.63, 3.8) is 0 Å². The van der Waals surface area contributed by atoms with Crippen LogP contribution < -0.4 is 0 Å². The van der Waals surface area contributed by atoms with Gasteiger partial charge in [0.15, 0.2) is 0 Å². The molecule has 0 aliphatic carbocycles. The molecule has 1 aromatic carbocycles. The van der Waals surface area contributed by atoms with Gasteiger partial charge in [0, 0.05) is 13.6 Å².